The molecule has 0 radical (unpaired) electrons. The van der Waals surface area contributed by atoms with Crippen LogP contribution in [0.1, 0.15) is 73.7 Å². The average molecular weight is 735 g/mol. The summed E-state index contributed by atoms with van der Waals surface area (Å²) < 4.78 is 116. The molecule has 2 aliphatic carbocycles. The number of halogens is 8. The first kappa shape index (κ1) is 34.2. The van der Waals surface area contributed by atoms with Gasteiger partial charge in [-0.15, -0.1) is 11.3 Å². The van der Waals surface area contributed by atoms with Crippen molar-refractivity contribution in [1.82, 2.24) is 25.1 Å². The van der Waals surface area contributed by atoms with Crippen molar-refractivity contribution < 1.29 is 49.5 Å². The third-order valence-electron chi connectivity index (χ3n) is 8.80. The number of alkyl halides is 5. The van der Waals surface area contributed by atoms with Crippen molar-refractivity contribution in [2.24, 2.45) is 11.7 Å². The van der Waals surface area contributed by atoms with Gasteiger partial charge in [0.2, 0.25) is 5.91 Å². The summed E-state index contributed by atoms with van der Waals surface area (Å²) in [5.74, 6) is -11.6. The first-order valence-electron chi connectivity index (χ1n) is 15.1. The number of carbonyl (C=O) groups is 3. The molecule has 2 aromatic carbocycles. The van der Waals surface area contributed by atoms with Crippen LogP contribution in [0.3, 0.4) is 0 Å². The molecule has 264 valence electrons. The minimum Gasteiger partial charge on any atom is -0.364 e. The summed E-state index contributed by atoms with van der Waals surface area (Å²) in [5, 5.41) is 5.74. The Bertz CT molecular complexity index is 2280. The number of rotatable bonds is 9. The van der Waals surface area contributed by atoms with Crippen molar-refractivity contribution in [2.45, 2.75) is 50.4 Å². The lowest BCUT2D eigenvalue weighted by molar-refractivity contribution is -0.142. The van der Waals surface area contributed by atoms with Crippen LogP contribution in [0, 0.1) is 23.4 Å². The van der Waals surface area contributed by atoms with E-state index >= 15 is 8.78 Å². The fraction of sp³-hybridized carbons (Fsp3) is 0.273. The van der Waals surface area contributed by atoms with Crippen molar-refractivity contribution in [1.29, 1.82) is 0 Å². The Morgan fingerprint density at radius 3 is 2.41 bits per heavy atom. The second-order valence-electron chi connectivity index (χ2n) is 12.3. The van der Waals surface area contributed by atoms with Crippen molar-refractivity contribution >= 4 is 39.3 Å². The van der Waals surface area contributed by atoms with Gasteiger partial charge in [-0.2, -0.15) is 27.1 Å². The lowest BCUT2D eigenvalue weighted by Gasteiger charge is -2.23. The summed E-state index contributed by atoms with van der Waals surface area (Å²) in [4.78, 5) is 46.4. The normalized spacial score (nSPS) is 18.0. The maximum atomic E-state index is 15.2. The molecule has 0 spiro atoms. The van der Waals surface area contributed by atoms with E-state index < -0.39 is 94.9 Å². The SMILES string of the molecule is CC(=O)c1cc(-c2cc3sc(C(N)=O)nc3nc2C(Cc2cc(F)cc(F)c2)NC(=O)Cn2nc(C(F)(F)F)c3c2C(F)(F)[C@@H]2C[C@H]32)ccc1F. The van der Waals surface area contributed by atoms with Gasteiger partial charge in [0.05, 0.1) is 22.0 Å². The maximum Gasteiger partial charge on any atom is 0.435 e. The number of ketones is 1. The third kappa shape index (κ3) is 6.10. The lowest BCUT2D eigenvalue weighted by atomic mass is 9.94. The molecule has 51 heavy (non-hydrogen) atoms. The first-order valence-corrected chi connectivity index (χ1v) is 16.0. The van der Waals surface area contributed by atoms with Gasteiger partial charge in [-0.25, -0.2) is 23.1 Å². The van der Waals surface area contributed by atoms with Gasteiger partial charge < -0.3 is 11.1 Å². The monoisotopic (exact) mass is 734 g/mol. The largest absolute Gasteiger partial charge is 0.435 e. The molecule has 9 nitrogen and oxygen atoms in total. The van der Waals surface area contributed by atoms with E-state index in [1.54, 1.807) is 0 Å². The van der Waals surface area contributed by atoms with Gasteiger partial charge >= 0.3 is 6.18 Å². The van der Waals surface area contributed by atoms with E-state index in [1.165, 1.54) is 18.2 Å². The highest BCUT2D eigenvalue weighted by Crippen LogP contribution is 2.68. The Hall–Kier alpha value is -5.26. The summed E-state index contributed by atoms with van der Waals surface area (Å²) >= 11 is 0.841. The van der Waals surface area contributed by atoms with Crippen LogP contribution in [0.2, 0.25) is 0 Å². The van der Waals surface area contributed by atoms with Gasteiger partial charge in [0, 0.05) is 23.1 Å². The van der Waals surface area contributed by atoms with Crippen LogP contribution in [-0.4, -0.2) is 37.3 Å². The fourth-order valence-electron chi connectivity index (χ4n) is 6.59. The Balaban J connectivity index is 1.35. The van der Waals surface area contributed by atoms with Crippen molar-refractivity contribution in [3.8, 4) is 11.1 Å². The molecule has 3 aromatic heterocycles. The zero-order valence-electron chi connectivity index (χ0n) is 25.9. The minimum atomic E-state index is -5.08. The van der Waals surface area contributed by atoms with E-state index in [2.05, 4.69) is 20.4 Å². The number of amides is 2. The summed E-state index contributed by atoms with van der Waals surface area (Å²) in [5.41, 5.74) is 2.00. The molecule has 0 aliphatic heterocycles. The van der Waals surface area contributed by atoms with Crippen LogP contribution < -0.4 is 11.1 Å². The molecule has 3 heterocycles. The van der Waals surface area contributed by atoms with Crippen LogP contribution in [0.25, 0.3) is 21.5 Å². The number of nitrogens with one attached hydrogen (secondary N) is 1. The smallest absolute Gasteiger partial charge is 0.364 e. The van der Waals surface area contributed by atoms with Gasteiger partial charge in [0.15, 0.2) is 22.1 Å². The van der Waals surface area contributed by atoms with Crippen LogP contribution in [-0.2, 0) is 29.9 Å². The number of benzene rings is 2. The molecule has 1 fully saturated rings. The molecule has 1 saturated carbocycles. The quantitative estimate of drug-likeness (QED) is 0.130. The summed E-state index contributed by atoms with van der Waals surface area (Å²) in [6.45, 7) is 0.0181. The Morgan fingerprint density at radius 1 is 1.06 bits per heavy atom. The molecular formula is C33H22F8N6O3S. The molecule has 0 bridgehead atoms. The second-order valence-corrected chi connectivity index (χ2v) is 13.3. The molecule has 7 rings (SSSR count). The third-order valence-corrected chi connectivity index (χ3v) is 9.81. The number of hydrogen-bond acceptors (Lipinski definition) is 7. The van der Waals surface area contributed by atoms with Gasteiger partial charge in [-0.05, 0) is 67.1 Å². The highest BCUT2D eigenvalue weighted by Gasteiger charge is 2.68. The first-order chi connectivity index (χ1) is 23.9. The van der Waals surface area contributed by atoms with Crippen molar-refractivity contribution in [3.05, 3.63) is 98.7 Å². The molecule has 5 aromatic rings. The summed E-state index contributed by atoms with van der Waals surface area (Å²) in [6, 6.07) is 6.00. The number of thiazole rings is 1. The second kappa shape index (κ2) is 11.9. The molecule has 1 unspecified atom stereocenters. The van der Waals surface area contributed by atoms with E-state index in [0.717, 1.165) is 36.5 Å². The predicted octanol–water partition coefficient (Wildman–Crippen LogP) is 6.60. The molecule has 3 N–H and O–H groups in total. The highest BCUT2D eigenvalue weighted by atomic mass is 32.1. The van der Waals surface area contributed by atoms with Gasteiger partial charge in [-0.1, -0.05) is 6.07 Å². The molecule has 2 aliphatic rings. The number of aromatic nitrogens is 4. The maximum absolute atomic E-state index is 15.2. The predicted molar refractivity (Wildman–Crippen MR) is 164 cm³/mol. The van der Waals surface area contributed by atoms with Crippen LogP contribution in [0.15, 0.2) is 42.5 Å². The molecule has 2 amide bonds. The minimum absolute atomic E-state index is 0.0313. The van der Waals surface area contributed by atoms with Crippen molar-refractivity contribution in [3.63, 3.8) is 0 Å². The molecule has 0 saturated heterocycles. The average Bonchev–Trinajstić information content (AvgIpc) is 3.47. The molecule has 18 heteroatoms. The number of pyridine rings is 1. The Kier molecular flexibility index (Phi) is 7.99. The van der Waals surface area contributed by atoms with E-state index in [-0.39, 0.29) is 49.7 Å². The Morgan fingerprint density at radius 2 is 1.76 bits per heavy atom. The van der Waals surface area contributed by atoms with Crippen LogP contribution in [0.4, 0.5) is 35.1 Å². The zero-order valence-corrected chi connectivity index (χ0v) is 26.7. The standard InChI is InChI=1S/C33H22F8N6O3S/c1-12(48)17-7-14(2-3-21(17)36)18-10-23-30(45-31(51-23)29(42)50)44-26(18)22(6-13-4-15(34)8-16(35)5-13)43-24(49)11-47-28-25(27(46-47)33(39,40)41)19-9-20(19)32(28,37)38/h2-5,7-8,10,19-20,22H,6,9,11H2,1H3,(H2,42,50)(H,43,49)/t19-,20+,22?/m0/s1. The zero-order chi connectivity index (χ0) is 36.7. The van der Waals surface area contributed by atoms with Gasteiger partial charge in [0.25, 0.3) is 11.8 Å². The number of Topliss-reactive ketones (excluding diaryl/α,β-unsaturated/α-hetero) is 1. The van der Waals surface area contributed by atoms with Crippen LogP contribution >= 0.6 is 11.3 Å². The molecular weight excluding hydrogens is 712 g/mol. The number of nitrogens with zero attached hydrogens (tertiary/aromatic N) is 4. The van der Waals surface area contributed by atoms with E-state index in [4.69, 9.17) is 5.73 Å². The van der Waals surface area contributed by atoms with E-state index in [9.17, 15) is 40.7 Å². The number of primary amides is 1. The lowest BCUT2D eigenvalue weighted by Crippen LogP contribution is -2.35. The van der Waals surface area contributed by atoms with E-state index in [1.807, 2.05) is 0 Å². The van der Waals surface area contributed by atoms with Crippen LogP contribution in [0.5, 0.6) is 0 Å². The van der Waals surface area contributed by atoms with Gasteiger partial charge in [0.1, 0.15) is 29.7 Å². The highest BCUT2D eigenvalue weighted by molar-refractivity contribution is 7.20. The number of hydrogen-bond donors (Lipinski definition) is 2. The van der Waals surface area contributed by atoms with Crippen molar-refractivity contribution in [2.75, 3.05) is 0 Å². The Labute approximate surface area is 285 Å². The molecule has 3 atom stereocenters. The fourth-order valence-corrected chi connectivity index (χ4v) is 7.39. The van der Waals surface area contributed by atoms with E-state index in [0.29, 0.717) is 10.7 Å². The summed E-state index contributed by atoms with van der Waals surface area (Å²) in [6.07, 6.45) is -5.67. The number of fused-ring (bicyclic) bond motifs is 4. The topological polar surface area (TPSA) is 133 Å². The number of nitrogens with two attached hydrogens (primary N) is 1. The summed E-state index contributed by atoms with van der Waals surface area (Å²) in [7, 11) is 0. The number of carbonyl (C=O) groups excluding carboxylic acids is 3. The van der Waals surface area contributed by atoms with Gasteiger partial charge in [-0.3, -0.25) is 19.1 Å².